The van der Waals surface area contributed by atoms with Crippen LogP contribution in [0.25, 0.3) is 0 Å². The number of rotatable bonds is 5. The van der Waals surface area contributed by atoms with E-state index in [9.17, 15) is 9.90 Å². The predicted molar refractivity (Wildman–Crippen MR) is 79.6 cm³/mol. The Hall–Kier alpha value is -1.72. The number of hydrogen-bond acceptors (Lipinski definition) is 4. The molecule has 5 heteroatoms. The molecule has 0 aliphatic carbocycles. The molecule has 0 aromatic carbocycles. The van der Waals surface area contributed by atoms with Gasteiger partial charge in [0.05, 0.1) is 13.0 Å². The average Bonchev–Trinajstić information content (AvgIpc) is 2.94. The van der Waals surface area contributed by atoms with E-state index in [2.05, 4.69) is 10.3 Å². The number of aryl methyl sites for hydroxylation is 1. The summed E-state index contributed by atoms with van der Waals surface area (Å²) in [5, 5.41) is 15.0. The summed E-state index contributed by atoms with van der Waals surface area (Å²) in [7, 11) is 0. The molecule has 1 unspecified atom stereocenters. The summed E-state index contributed by atoms with van der Waals surface area (Å²) < 4.78 is 0. The van der Waals surface area contributed by atoms with Crippen molar-refractivity contribution in [3.05, 3.63) is 52.0 Å². The second kappa shape index (κ2) is 6.15. The van der Waals surface area contributed by atoms with Crippen LogP contribution in [0.15, 0.2) is 35.8 Å². The van der Waals surface area contributed by atoms with Gasteiger partial charge in [0.1, 0.15) is 5.60 Å². The second-order valence-electron chi connectivity index (χ2n) is 5.01. The zero-order valence-corrected chi connectivity index (χ0v) is 12.4. The molecule has 2 rings (SSSR count). The average molecular weight is 290 g/mol. The Morgan fingerprint density at radius 2 is 2.25 bits per heavy atom. The highest BCUT2D eigenvalue weighted by atomic mass is 32.1. The first kappa shape index (κ1) is 14.7. The number of aromatic nitrogens is 1. The van der Waals surface area contributed by atoms with Crippen molar-refractivity contribution in [1.82, 2.24) is 10.3 Å². The molecule has 0 radical (unpaired) electrons. The minimum Gasteiger partial charge on any atom is -0.383 e. The number of pyridine rings is 1. The number of nitrogens with zero attached hydrogens (tertiary/aromatic N) is 1. The second-order valence-corrected chi connectivity index (χ2v) is 5.96. The Labute approximate surface area is 122 Å². The molecular formula is C15H18N2O2S. The van der Waals surface area contributed by atoms with E-state index in [0.29, 0.717) is 0 Å². The van der Waals surface area contributed by atoms with Crippen LogP contribution in [-0.2, 0) is 16.8 Å². The van der Waals surface area contributed by atoms with Crippen LogP contribution >= 0.6 is 11.3 Å². The van der Waals surface area contributed by atoms with Crippen molar-refractivity contribution in [3.8, 4) is 0 Å². The summed E-state index contributed by atoms with van der Waals surface area (Å²) in [6.45, 7) is 3.81. The summed E-state index contributed by atoms with van der Waals surface area (Å²) in [6, 6.07) is 7.51. The van der Waals surface area contributed by atoms with Crippen LogP contribution in [0.5, 0.6) is 0 Å². The Kier molecular flexibility index (Phi) is 4.52. The van der Waals surface area contributed by atoms with E-state index >= 15 is 0 Å². The Bertz CT molecular complexity index is 562. The minimum absolute atomic E-state index is 0.118. The molecule has 106 valence electrons. The third-order valence-electron chi connectivity index (χ3n) is 3.02. The Morgan fingerprint density at radius 1 is 1.45 bits per heavy atom. The van der Waals surface area contributed by atoms with Gasteiger partial charge >= 0.3 is 0 Å². The first-order valence-electron chi connectivity index (χ1n) is 6.42. The van der Waals surface area contributed by atoms with Crippen molar-refractivity contribution in [2.45, 2.75) is 25.9 Å². The van der Waals surface area contributed by atoms with Gasteiger partial charge in [0.15, 0.2) is 0 Å². The van der Waals surface area contributed by atoms with E-state index in [4.69, 9.17) is 0 Å². The molecule has 0 bridgehead atoms. The van der Waals surface area contributed by atoms with Crippen LogP contribution in [0, 0.1) is 6.92 Å². The number of nitrogens with one attached hydrogen (secondary N) is 1. The predicted octanol–water partition coefficient (Wildman–Crippen LogP) is 2.02. The monoisotopic (exact) mass is 290 g/mol. The first-order chi connectivity index (χ1) is 9.47. The van der Waals surface area contributed by atoms with Gasteiger partial charge in [0, 0.05) is 16.8 Å². The standard InChI is InChI=1S/C15H18N2O2S/c1-11-5-6-12(9-16-11)8-14(18)17-10-15(2,19)13-4-3-7-20-13/h3-7,9,19H,8,10H2,1-2H3,(H,17,18). The molecular weight excluding hydrogens is 272 g/mol. The number of hydrogen-bond donors (Lipinski definition) is 2. The van der Waals surface area contributed by atoms with Crippen LogP contribution in [0.2, 0.25) is 0 Å². The maximum atomic E-state index is 11.9. The van der Waals surface area contributed by atoms with Gasteiger partial charge in [-0.1, -0.05) is 12.1 Å². The van der Waals surface area contributed by atoms with Gasteiger partial charge < -0.3 is 10.4 Å². The highest BCUT2D eigenvalue weighted by molar-refractivity contribution is 7.10. The summed E-state index contributed by atoms with van der Waals surface area (Å²) in [5.74, 6) is -0.118. The molecule has 0 aliphatic heterocycles. The van der Waals surface area contributed by atoms with Crippen molar-refractivity contribution >= 4 is 17.2 Å². The van der Waals surface area contributed by atoms with Gasteiger partial charge in [-0.25, -0.2) is 0 Å². The number of amides is 1. The van der Waals surface area contributed by atoms with Crippen molar-refractivity contribution in [3.63, 3.8) is 0 Å². The summed E-state index contributed by atoms with van der Waals surface area (Å²) >= 11 is 1.48. The third kappa shape index (κ3) is 3.88. The van der Waals surface area contributed by atoms with Crippen LogP contribution < -0.4 is 5.32 Å². The molecule has 2 N–H and O–H groups in total. The summed E-state index contributed by atoms with van der Waals surface area (Å²) in [5.41, 5.74) is 0.758. The van der Waals surface area contributed by atoms with E-state index in [1.807, 2.05) is 36.6 Å². The van der Waals surface area contributed by atoms with Crippen LogP contribution in [-0.4, -0.2) is 22.5 Å². The molecule has 2 heterocycles. The summed E-state index contributed by atoms with van der Waals surface area (Å²) in [6.07, 6.45) is 1.97. The molecule has 0 fully saturated rings. The fraction of sp³-hybridized carbons (Fsp3) is 0.333. The lowest BCUT2D eigenvalue weighted by Crippen LogP contribution is -2.38. The molecule has 1 amide bonds. The van der Waals surface area contributed by atoms with Crippen LogP contribution in [0.1, 0.15) is 23.1 Å². The number of carbonyl (C=O) groups excluding carboxylic acids is 1. The molecule has 1 atom stereocenters. The van der Waals surface area contributed by atoms with Crippen LogP contribution in [0.4, 0.5) is 0 Å². The first-order valence-corrected chi connectivity index (χ1v) is 7.30. The van der Waals surface area contributed by atoms with Gasteiger partial charge in [-0.3, -0.25) is 9.78 Å². The van der Waals surface area contributed by atoms with Crippen molar-refractivity contribution in [2.75, 3.05) is 6.54 Å². The smallest absolute Gasteiger partial charge is 0.224 e. The van der Waals surface area contributed by atoms with Crippen molar-refractivity contribution in [2.24, 2.45) is 0 Å². The van der Waals surface area contributed by atoms with E-state index < -0.39 is 5.60 Å². The molecule has 0 aliphatic rings. The largest absolute Gasteiger partial charge is 0.383 e. The molecule has 0 spiro atoms. The lowest BCUT2D eigenvalue weighted by molar-refractivity contribution is -0.121. The molecule has 4 nitrogen and oxygen atoms in total. The Morgan fingerprint density at radius 3 is 2.85 bits per heavy atom. The molecule has 0 saturated heterocycles. The summed E-state index contributed by atoms with van der Waals surface area (Å²) in [4.78, 5) is 16.9. The van der Waals surface area contributed by atoms with Crippen LogP contribution in [0.3, 0.4) is 0 Å². The van der Waals surface area contributed by atoms with Gasteiger partial charge in [0.2, 0.25) is 5.91 Å². The fourth-order valence-corrected chi connectivity index (χ4v) is 2.58. The Balaban J connectivity index is 1.88. The maximum absolute atomic E-state index is 11.9. The van der Waals surface area contributed by atoms with Crippen molar-refractivity contribution < 1.29 is 9.90 Å². The highest BCUT2D eigenvalue weighted by Gasteiger charge is 2.24. The van der Waals surface area contributed by atoms with E-state index in [-0.39, 0.29) is 18.9 Å². The van der Waals surface area contributed by atoms with Gasteiger partial charge in [-0.05, 0) is 36.9 Å². The lowest BCUT2D eigenvalue weighted by atomic mass is 10.1. The van der Waals surface area contributed by atoms with E-state index in [0.717, 1.165) is 16.1 Å². The highest BCUT2D eigenvalue weighted by Crippen LogP contribution is 2.24. The maximum Gasteiger partial charge on any atom is 0.224 e. The SMILES string of the molecule is Cc1ccc(CC(=O)NCC(C)(O)c2cccs2)cn1. The van der Waals surface area contributed by atoms with E-state index in [1.54, 1.807) is 13.1 Å². The zero-order chi connectivity index (χ0) is 14.6. The van der Waals surface area contributed by atoms with Crippen molar-refractivity contribution in [1.29, 1.82) is 0 Å². The number of aliphatic hydroxyl groups is 1. The third-order valence-corrected chi connectivity index (χ3v) is 4.14. The van der Waals surface area contributed by atoms with Gasteiger partial charge in [-0.2, -0.15) is 0 Å². The molecule has 20 heavy (non-hydrogen) atoms. The molecule has 2 aromatic heterocycles. The quantitative estimate of drug-likeness (QED) is 0.885. The van der Waals surface area contributed by atoms with E-state index in [1.165, 1.54) is 11.3 Å². The lowest BCUT2D eigenvalue weighted by Gasteiger charge is -2.22. The molecule has 2 aromatic rings. The normalized spacial score (nSPS) is 13.8. The minimum atomic E-state index is -1.03. The molecule has 0 saturated carbocycles. The zero-order valence-electron chi connectivity index (χ0n) is 11.6. The van der Waals surface area contributed by atoms with Gasteiger partial charge in [0.25, 0.3) is 0 Å². The number of carbonyl (C=O) groups is 1. The topological polar surface area (TPSA) is 62.2 Å². The fourth-order valence-electron chi connectivity index (χ4n) is 1.79. The van der Waals surface area contributed by atoms with Gasteiger partial charge in [-0.15, -0.1) is 11.3 Å². The number of thiophene rings is 1.